The van der Waals surface area contributed by atoms with Gasteiger partial charge in [-0.3, -0.25) is 9.69 Å². The van der Waals surface area contributed by atoms with E-state index in [1.165, 1.54) is 30.1 Å². The fourth-order valence-corrected chi connectivity index (χ4v) is 3.21. The van der Waals surface area contributed by atoms with Gasteiger partial charge in [-0.05, 0) is 49.4 Å². The van der Waals surface area contributed by atoms with E-state index in [1.807, 2.05) is 4.90 Å². The van der Waals surface area contributed by atoms with Crippen molar-refractivity contribution < 1.29 is 19.4 Å². The largest absolute Gasteiger partial charge is 0.387 e. The summed E-state index contributed by atoms with van der Waals surface area (Å²) in [4.78, 5) is 15.6. The number of hydrogen-bond acceptors (Lipinski definition) is 4. The Morgan fingerprint density at radius 1 is 1.48 bits per heavy atom. The minimum atomic E-state index is -0.961. The van der Waals surface area contributed by atoms with Gasteiger partial charge in [0.25, 0.3) is 5.91 Å². The highest BCUT2D eigenvalue weighted by atomic mass is 19.1. The smallest absolute Gasteiger partial charge is 0.255 e. The molecule has 0 spiro atoms. The zero-order valence-corrected chi connectivity index (χ0v) is 13.5. The summed E-state index contributed by atoms with van der Waals surface area (Å²) in [5.41, 5.74) is 0.149. The van der Waals surface area contributed by atoms with Gasteiger partial charge in [0.2, 0.25) is 0 Å². The number of amides is 1. The normalized spacial score (nSPS) is 21.6. The van der Waals surface area contributed by atoms with Crippen LogP contribution in [0.25, 0.3) is 0 Å². The Balaban J connectivity index is 1.55. The molecule has 1 heterocycles. The average molecular weight is 322 g/mol. The van der Waals surface area contributed by atoms with Crippen molar-refractivity contribution in [2.75, 3.05) is 26.7 Å². The summed E-state index contributed by atoms with van der Waals surface area (Å²) >= 11 is 0. The summed E-state index contributed by atoms with van der Waals surface area (Å²) < 4.78 is 13.3. The number of benzene rings is 1. The molecule has 2 aliphatic rings. The SMILES string of the molecule is Cc1cc(C(=O)N(C)[C@@H](O)CN2CC(O)(C3CC3)C2)ccc1F. The number of carbonyl (C=O) groups is 1. The third-order valence-electron chi connectivity index (χ3n) is 4.93. The number of aliphatic hydroxyl groups is 2. The van der Waals surface area contributed by atoms with Crippen molar-refractivity contribution in [3.63, 3.8) is 0 Å². The Morgan fingerprint density at radius 2 is 2.13 bits per heavy atom. The minimum Gasteiger partial charge on any atom is -0.387 e. The van der Waals surface area contributed by atoms with Crippen LogP contribution in [-0.2, 0) is 0 Å². The Morgan fingerprint density at radius 3 is 2.70 bits per heavy atom. The van der Waals surface area contributed by atoms with Crippen molar-refractivity contribution >= 4 is 5.91 Å². The quantitative estimate of drug-likeness (QED) is 0.793. The number of β-amino-alcohol motifs (C(OH)–C–C–N with tert-alkyl or cyclic N) is 2. The minimum absolute atomic E-state index is 0.303. The lowest BCUT2D eigenvalue weighted by Gasteiger charge is -2.48. The van der Waals surface area contributed by atoms with E-state index in [0.29, 0.717) is 36.7 Å². The fourth-order valence-electron chi connectivity index (χ4n) is 3.21. The highest BCUT2D eigenvalue weighted by Crippen LogP contribution is 2.44. The van der Waals surface area contributed by atoms with Gasteiger partial charge in [-0.2, -0.15) is 0 Å². The third-order valence-corrected chi connectivity index (χ3v) is 4.93. The van der Waals surface area contributed by atoms with Gasteiger partial charge < -0.3 is 15.1 Å². The Bertz CT molecular complexity index is 612. The highest BCUT2D eigenvalue weighted by molar-refractivity contribution is 5.94. The zero-order valence-electron chi connectivity index (χ0n) is 13.5. The number of nitrogens with zero attached hydrogens (tertiary/aromatic N) is 2. The molecule has 23 heavy (non-hydrogen) atoms. The van der Waals surface area contributed by atoms with Crippen molar-refractivity contribution in [1.29, 1.82) is 0 Å². The number of hydrogen-bond donors (Lipinski definition) is 2. The number of rotatable bonds is 5. The maximum absolute atomic E-state index is 13.3. The predicted octanol–water partition coefficient (Wildman–Crippen LogP) is 0.981. The molecule has 3 rings (SSSR count). The molecule has 6 heteroatoms. The van der Waals surface area contributed by atoms with Crippen LogP contribution >= 0.6 is 0 Å². The van der Waals surface area contributed by atoms with Gasteiger partial charge in [-0.1, -0.05) is 0 Å². The van der Waals surface area contributed by atoms with Crippen molar-refractivity contribution in [1.82, 2.24) is 9.80 Å². The van der Waals surface area contributed by atoms with Gasteiger partial charge in [-0.25, -0.2) is 4.39 Å². The van der Waals surface area contributed by atoms with E-state index < -0.39 is 11.8 Å². The lowest BCUT2D eigenvalue weighted by Crippen LogP contribution is -2.65. The molecule has 0 aromatic heterocycles. The van der Waals surface area contributed by atoms with E-state index in [0.717, 1.165) is 12.8 Å². The molecular weight excluding hydrogens is 299 g/mol. The second-order valence-corrected chi connectivity index (χ2v) is 6.91. The summed E-state index contributed by atoms with van der Waals surface area (Å²) in [6.45, 7) is 3.00. The van der Waals surface area contributed by atoms with E-state index >= 15 is 0 Å². The van der Waals surface area contributed by atoms with Crippen molar-refractivity contribution in [2.45, 2.75) is 31.6 Å². The molecule has 1 aromatic carbocycles. The van der Waals surface area contributed by atoms with Crippen LogP contribution in [0.5, 0.6) is 0 Å². The van der Waals surface area contributed by atoms with Gasteiger partial charge >= 0.3 is 0 Å². The molecular formula is C17H23FN2O3. The topological polar surface area (TPSA) is 64.0 Å². The van der Waals surface area contributed by atoms with Crippen LogP contribution in [-0.4, -0.2) is 64.4 Å². The first-order valence-electron chi connectivity index (χ1n) is 7.96. The average Bonchev–Trinajstić information content (AvgIpc) is 3.31. The molecule has 5 nitrogen and oxygen atoms in total. The standard InChI is InChI=1S/C17H23FN2O3/c1-11-7-12(3-6-14(11)18)16(22)19(2)15(21)8-20-9-17(23,10-20)13-4-5-13/h3,6-7,13,15,21,23H,4-5,8-10H2,1-2H3/t15-/m0/s1. The van der Waals surface area contributed by atoms with Crippen LogP contribution in [0.3, 0.4) is 0 Å². The monoisotopic (exact) mass is 322 g/mol. The molecule has 126 valence electrons. The molecule has 2 N–H and O–H groups in total. The van der Waals surface area contributed by atoms with Gasteiger partial charge in [0, 0.05) is 32.2 Å². The first kappa shape index (κ1) is 16.4. The maximum atomic E-state index is 13.3. The number of carbonyl (C=O) groups excluding carboxylic acids is 1. The first-order chi connectivity index (χ1) is 10.8. The number of aliphatic hydroxyl groups excluding tert-OH is 1. The fraction of sp³-hybridized carbons (Fsp3) is 0.588. The molecule has 1 aliphatic carbocycles. The molecule has 0 unspecified atom stereocenters. The van der Waals surface area contributed by atoms with E-state index in [2.05, 4.69) is 0 Å². The lowest BCUT2D eigenvalue weighted by molar-refractivity contribution is -0.131. The molecule has 2 fully saturated rings. The number of aryl methyl sites for hydroxylation is 1. The van der Waals surface area contributed by atoms with Crippen LogP contribution in [0.1, 0.15) is 28.8 Å². The molecule has 1 atom stereocenters. The molecule has 1 saturated heterocycles. The van der Waals surface area contributed by atoms with Gasteiger partial charge in [0.1, 0.15) is 12.0 Å². The zero-order chi connectivity index (χ0) is 16.8. The van der Waals surface area contributed by atoms with Crippen LogP contribution in [0.2, 0.25) is 0 Å². The van der Waals surface area contributed by atoms with E-state index in [1.54, 1.807) is 6.92 Å². The summed E-state index contributed by atoms with van der Waals surface area (Å²) in [6.07, 6.45) is 1.20. The van der Waals surface area contributed by atoms with E-state index in [9.17, 15) is 19.4 Å². The van der Waals surface area contributed by atoms with Crippen LogP contribution < -0.4 is 0 Å². The van der Waals surface area contributed by atoms with Crippen molar-refractivity contribution in [3.8, 4) is 0 Å². The second-order valence-electron chi connectivity index (χ2n) is 6.91. The van der Waals surface area contributed by atoms with E-state index in [4.69, 9.17) is 0 Å². The molecule has 0 radical (unpaired) electrons. The number of halogens is 1. The van der Waals surface area contributed by atoms with Gasteiger partial charge in [0.15, 0.2) is 0 Å². The molecule has 1 aromatic rings. The number of likely N-dealkylation sites (tertiary alicyclic amines) is 1. The summed E-state index contributed by atoms with van der Waals surface area (Å²) in [6, 6.07) is 4.16. The second kappa shape index (κ2) is 5.85. The molecule has 1 aliphatic heterocycles. The predicted molar refractivity (Wildman–Crippen MR) is 83.4 cm³/mol. The Hall–Kier alpha value is -1.50. The van der Waals surface area contributed by atoms with Crippen molar-refractivity contribution in [3.05, 3.63) is 35.1 Å². The Labute approximate surface area is 135 Å². The van der Waals surface area contributed by atoms with Crippen LogP contribution in [0.15, 0.2) is 18.2 Å². The summed E-state index contributed by atoms with van der Waals surface area (Å²) in [5, 5.41) is 20.5. The maximum Gasteiger partial charge on any atom is 0.255 e. The molecule has 1 saturated carbocycles. The summed E-state index contributed by atoms with van der Waals surface area (Å²) in [7, 11) is 1.53. The van der Waals surface area contributed by atoms with Crippen LogP contribution in [0.4, 0.5) is 4.39 Å². The third kappa shape index (κ3) is 3.24. The Kier molecular flexibility index (Phi) is 4.16. The van der Waals surface area contributed by atoms with E-state index in [-0.39, 0.29) is 11.7 Å². The van der Waals surface area contributed by atoms with Crippen LogP contribution in [0, 0.1) is 18.7 Å². The van der Waals surface area contributed by atoms with Gasteiger partial charge in [-0.15, -0.1) is 0 Å². The number of likely N-dealkylation sites (N-methyl/N-ethyl adjacent to an activating group) is 1. The summed E-state index contributed by atoms with van der Waals surface area (Å²) in [5.74, 6) is -0.305. The highest BCUT2D eigenvalue weighted by Gasteiger charge is 2.52. The first-order valence-corrected chi connectivity index (χ1v) is 7.96. The van der Waals surface area contributed by atoms with Crippen molar-refractivity contribution in [2.24, 2.45) is 5.92 Å². The molecule has 0 bridgehead atoms. The lowest BCUT2D eigenvalue weighted by atomic mass is 9.89. The van der Waals surface area contributed by atoms with Gasteiger partial charge in [0.05, 0.1) is 5.60 Å². The molecule has 1 amide bonds.